The molecule has 4 rings (SSSR count). The van der Waals surface area contributed by atoms with Crippen molar-refractivity contribution in [2.75, 3.05) is 0 Å². The minimum atomic E-state index is -0.219. The smallest absolute Gasteiger partial charge is 0.303 e. The Morgan fingerprint density at radius 3 is 2.50 bits per heavy atom. The second kappa shape index (κ2) is 8.91. The maximum absolute atomic E-state index is 13.6. The van der Waals surface area contributed by atoms with E-state index in [0.717, 1.165) is 30.6 Å². The Kier molecular flexibility index (Phi) is 6.69. The number of rotatable bonds is 6. The lowest BCUT2D eigenvalue weighted by atomic mass is 9.46. The van der Waals surface area contributed by atoms with Crippen molar-refractivity contribution in [2.45, 2.75) is 112 Å². The summed E-state index contributed by atoms with van der Waals surface area (Å²) in [6.07, 6.45) is 13.6. The lowest BCUT2D eigenvalue weighted by Gasteiger charge is -2.58. The third-order valence-electron chi connectivity index (χ3n) is 10.4. The van der Waals surface area contributed by atoms with Gasteiger partial charge in [-0.15, -0.1) is 0 Å². The van der Waals surface area contributed by atoms with Crippen LogP contribution in [0.1, 0.15) is 106 Å². The second-order valence-electron chi connectivity index (χ2n) is 12.7. The highest BCUT2D eigenvalue weighted by atomic mass is 16.5. The van der Waals surface area contributed by atoms with Gasteiger partial charge in [-0.1, -0.05) is 59.5 Å². The van der Waals surface area contributed by atoms with Gasteiger partial charge in [-0.2, -0.15) is 0 Å². The van der Waals surface area contributed by atoms with Crippen LogP contribution in [0.25, 0.3) is 0 Å². The molecule has 0 aromatic heterocycles. The first-order chi connectivity index (χ1) is 15.1. The predicted molar refractivity (Wildman–Crippen MR) is 129 cm³/mol. The normalized spacial score (nSPS) is 42.0. The topological polar surface area (TPSA) is 43.4 Å². The molecule has 4 unspecified atom stereocenters. The number of esters is 1. The largest absolute Gasteiger partial charge is 0.458 e. The standard InChI is InChI=1S/C29H46O3/c1-18(2)8-7-9-19(3)23-10-11-24-27-25(13-15-29(23,24)6)28(5)14-12-22(32-20(4)30)16-21(28)17-26(27)31/h16,18-19,22-25,27H,7-15,17H2,1-6H3/t19?,22-,23+,24?,25?,27?,28-,29+/m0/s1. The molecule has 8 atom stereocenters. The summed E-state index contributed by atoms with van der Waals surface area (Å²) in [5.74, 6) is 3.88. The van der Waals surface area contributed by atoms with Crippen LogP contribution in [0.3, 0.4) is 0 Å². The van der Waals surface area contributed by atoms with Crippen LogP contribution in [0.15, 0.2) is 11.6 Å². The first-order valence-electron chi connectivity index (χ1n) is 13.5. The third-order valence-corrected chi connectivity index (χ3v) is 10.4. The van der Waals surface area contributed by atoms with Crippen molar-refractivity contribution >= 4 is 11.8 Å². The third kappa shape index (κ3) is 4.11. The van der Waals surface area contributed by atoms with Gasteiger partial charge in [0.15, 0.2) is 0 Å². The molecule has 32 heavy (non-hydrogen) atoms. The van der Waals surface area contributed by atoms with Crippen LogP contribution in [-0.4, -0.2) is 17.9 Å². The number of hydrogen-bond acceptors (Lipinski definition) is 3. The molecule has 3 saturated carbocycles. The van der Waals surface area contributed by atoms with Gasteiger partial charge in [-0.3, -0.25) is 9.59 Å². The Balaban J connectivity index is 1.52. The summed E-state index contributed by atoms with van der Waals surface area (Å²) in [5.41, 5.74) is 1.71. The van der Waals surface area contributed by atoms with E-state index in [0.29, 0.717) is 29.5 Å². The van der Waals surface area contributed by atoms with Crippen molar-refractivity contribution < 1.29 is 14.3 Å². The lowest BCUT2D eigenvalue weighted by Crippen LogP contribution is -2.54. The molecule has 4 aliphatic carbocycles. The van der Waals surface area contributed by atoms with Gasteiger partial charge in [0, 0.05) is 19.3 Å². The van der Waals surface area contributed by atoms with E-state index in [9.17, 15) is 9.59 Å². The number of fused-ring (bicyclic) bond motifs is 5. The molecule has 0 amide bonds. The maximum Gasteiger partial charge on any atom is 0.303 e. The average molecular weight is 443 g/mol. The summed E-state index contributed by atoms with van der Waals surface area (Å²) in [7, 11) is 0. The minimum Gasteiger partial charge on any atom is -0.458 e. The highest BCUT2D eigenvalue weighted by molar-refractivity contribution is 5.86. The van der Waals surface area contributed by atoms with Crippen molar-refractivity contribution in [1.82, 2.24) is 0 Å². The van der Waals surface area contributed by atoms with E-state index in [1.807, 2.05) is 0 Å². The minimum absolute atomic E-state index is 0.109. The molecule has 0 bridgehead atoms. The van der Waals surface area contributed by atoms with Crippen molar-refractivity contribution in [2.24, 2.45) is 46.3 Å². The van der Waals surface area contributed by atoms with E-state index >= 15 is 0 Å². The zero-order chi connectivity index (χ0) is 23.3. The molecule has 0 heterocycles. The number of ketones is 1. The van der Waals surface area contributed by atoms with Gasteiger partial charge in [-0.05, 0) is 85.0 Å². The molecular formula is C29H46O3. The Labute approximate surface area is 196 Å². The van der Waals surface area contributed by atoms with E-state index in [1.165, 1.54) is 57.4 Å². The molecule has 180 valence electrons. The fourth-order valence-electron chi connectivity index (χ4n) is 8.72. The molecule has 3 nitrogen and oxygen atoms in total. The van der Waals surface area contributed by atoms with Crippen LogP contribution in [-0.2, 0) is 14.3 Å². The quantitative estimate of drug-likeness (QED) is 0.324. The summed E-state index contributed by atoms with van der Waals surface area (Å²) in [6.45, 7) is 13.6. The number of Topliss-reactive ketones (excluding diaryl/α,β-unsaturated/α-hetero) is 1. The van der Waals surface area contributed by atoms with Gasteiger partial charge in [0.25, 0.3) is 0 Å². The SMILES string of the molecule is CC(=O)O[C@@H]1C=C2CC(=O)C3C(CC[C@@]4(C)C3CC[C@@H]4C(C)CCCC(C)C)[C@@]2(C)CC1. The summed E-state index contributed by atoms with van der Waals surface area (Å²) in [5, 5.41) is 0. The van der Waals surface area contributed by atoms with Gasteiger partial charge in [0.2, 0.25) is 0 Å². The molecule has 0 aromatic rings. The van der Waals surface area contributed by atoms with Gasteiger partial charge in [0.1, 0.15) is 11.9 Å². The molecule has 0 aliphatic heterocycles. The van der Waals surface area contributed by atoms with Crippen LogP contribution in [0.2, 0.25) is 0 Å². The zero-order valence-corrected chi connectivity index (χ0v) is 21.4. The summed E-state index contributed by atoms with van der Waals surface area (Å²) in [6, 6.07) is 0. The predicted octanol–water partition coefficient (Wildman–Crippen LogP) is 7.14. The molecule has 0 saturated heterocycles. The monoisotopic (exact) mass is 442 g/mol. The van der Waals surface area contributed by atoms with E-state index in [1.54, 1.807) is 0 Å². The molecular weight excluding hydrogens is 396 g/mol. The van der Waals surface area contributed by atoms with Crippen molar-refractivity contribution in [3.8, 4) is 0 Å². The first kappa shape index (κ1) is 24.0. The lowest BCUT2D eigenvalue weighted by molar-refractivity contribution is -0.146. The number of carbonyl (C=O) groups is 2. The van der Waals surface area contributed by atoms with Gasteiger partial charge in [0.05, 0.1) is 0 Å². The molecule has 0 radical (unpaired) electrons. The van der Waals surface area contributed by atoms with E-state index in [4.69, 9.17) is 4.74 Å². The molecule has 0 aromatic carbocycles. The highest BCUT2D eigenvalue weighted by Gasteiger charge is 2.61. The van der Waals surface area contributed by atoms with E-state index in [2.05, 4.69) is 40.7 Å². The fraction of sp³-hybridized carbons (Fsp3) is 0.862. The van der Waals surface area contributed by atoms with Crippen LogP contribution < -0.4 is 0 Å². The number of carbonyl (C=O) groups excluding carboxylic acids is 2. The maximum atomic E-state index is 13.6. The van der Waals surface area contributed by atoms with Crippen molar-refractivity contribution in [1.29, 1.82) is 0 Å². The van der Waals surface area contributed by atoms with Crippen LogP contribution in [0, 0.1) is 46.3 Å². The van der Waals surface area contributed by atoms with Gasteiger partial charge >= 0.3 is 5.97 Å². The zero-order valence-electron chi connectivity index (χ0n) is 21.4. The van der Waals surface area contributed by atoms with Crippen LogP contribution in [0.4, 0.5) is 0 Å². The molecule has 4 aliphatic rings. The number of hydrogen-bond donors (Lipinski definition) is 0. The van der Waals surface area contributed by atoms with E-state index < -0.39 is 0 Å². The molecule has 3 heteroatoms. The average Bonchev–Trinajstić information content (AvgIpc) is 3.05. The Morgan fingerprint density at radius 1 is 1.06 bits per heavy atom. The summed E-state index contributed by atoms with van der Waals surface area (Å²) in [4.78, 5) is 25.1. The molecule has 3 fully saturated rings. The van der Waals surface area contributed by atoms with Gasteiger partial charge in [-0.25, -0.2) is 0 Å². The molecule has 0 N–H and O–H groups in total. The second-order valence-corrected chi connectivity index (χ2v) is 12.7. The molecule has 0 spiro atoms. The van der Waals surface area contributed by atoms with Gasteiger partial charge < -0.3 is 4.74 Å². The van der Waals surface area contributed by atoms with Crippen molar-refractivity contribution in [3.05, 3.63) is 11.6 Å². The Bertz CT molecular complexity index is 766. The van der Waals surface area contributed by atoms with Crippen LogP contribution >= 0.6 is 0 Å². The van der Waals surface area contributed by atoms with Crippen LogP contribution in [0.5, 0.6) is 0 Å². The Hall–Kier alpha value is -1.12. The summed E-state index contributed by atoms with van der Waals surface area (Å²) >= 11 is 0. The van der Waals surface area contributed by atoms with Crippen molar-refractivity contribution in [3.63, 3.8) is 0 Å². The first-order valence-corrected chi connectivity index (χ1v) is 13.5. The Morgan fingerprint density at radius 2 is 1.81 bits per heavy atom. The van der Waals surface area contributed by atoms with E-state index in [-0.39, 0.29) is 23.4 Å². The summed E-state index contributed by atoms with van der Waals surface area (Å²) < 4.78 is 5.50. The number of ether oxygens (including phenoxy) is 1. The number of allylic oxidation sites excluding steroid dienone is 1. The highest BCUT2D eigenvalue weighted by Crippen LogP contribution is 2.67. The fourth-order valence-corrected chi connectivity index (χ4v) is 8.72.